The molecule has 6 nitrogen and oxygen atoms in total. The normalized spacial score (nSPS) is 18.5. The minimum Gasteiger partial charge on any atom is -0.489 e. The Morgan fingerprint density at radius 2 is 2.07 bits per heavy atom. The largest absolute Gasteiger partial charge is 0.489 e. The van der Waals surface area contributed by atoms with Crippen molar-refractivity contribution in [1.82, 2.24) is 20.0 Å². The van der Waals surface area contributed by atoms with Crippen LogP contribution in [0, 0.1) is 0 Å². The summed E-state index contributed by atoms with van der Waals surface area (Å²) in [5.41, 5.74) is 1.35. The number of nitrogens with one attached hydrogen (secondary N) is 1. The molecule has 1 saturated carbocycles. The topological polar surface area (TPSA) is 59.4 Å². The van der Waals surface area contributed by atoms with Crippen molar-refractivity contribution in [2.75, 3.05) is 19.7 Å². The van der Waals surface area contributed by atoms with Crippen LogP contribution in [0.5, 0.6) is 5.75 Å². The molecule has 1 unspecified atom stereocenters. The zero-order valence-electron chi connectivity index (χ0n) is 16.3. The van der Waals surface area contributed by atoms with E-state index in [0.717, 1.165) is 44.5 Å². The zero-order chi connectivity index (χ0) is 18.6. The fraction of sp³-hybridized carbons (Fsp3) is 0.524. The maximum atomic E-state index is 13.4. The van der Waals surface area contributed by atoms with Gasteiger partial charge in [0.25, 0.3) is 5.91 Å². The van der Waals surface area contributed by atoms with Gasteiger partial charge in [-0.25, -0.2) is 4.68 Å². The highest BCUT2D eigenvalue weighted by molar-refractivity contribution is 5.95. The quantitative estimate of drug-likeness (QED) is 0.732. The number of amides is 1. The lowest BCUT2D eigenvalue weighted by molar-refractivity contribution is 0.0717. The van der Waals surface area contributed by atoms with E-state index in [0.29, 0.717) is 30.1 Å². The molecular formula is C21H29ClN4O2. The van der Waals surface area contributed by atoms with Crippen LogP contribution in [0.2, 0.25) is 0 Å². The fourth-order valence-electron chi connectivity index (χ4n) is 3.61. The molecular weight excluding hydrogens is 376 g/mol. The first-order valence-corrected chi connectivity index (χ1v) is 10.1. The third-order valence-corrected chi connectivity index (χ3v) is 5.19. The highest BCUT2D eigenvalue weighted by atomic mass is 35.5. The van der Waals surface area contributed by atoms with Gasteiger partial charge in [-0.15, -0.1) is 12.4 Å². The SMILES string of the molecule is CCCOc1cn(-c2ccccc2)nc1C(=O)N(CC1CCCN1)C1CC1.Cl. The number of carbonyl (C=O) groups is 1. The van der Waals surface area contributed by atoms with Crippen LogP contribution in [0.4, 0.5) is 0 Å². The van der Waals surface area contributed by atoms with Gasteiger partial charge in [0.1, 0.15) is 0 Å². The molecule has 1 saturated heterocycles. The molecule has 0 radical (unpaired) electrons. The summed E-state index contributed by atoms with van der Waals surface area (Å²) >= 11 is 0. The molecule has 1 N–H and O–H groups in total. The van der Waals surface area contributed by atoms with Gasteiger partial charge in [0.15, 0.2) is 11.4 Å². The molecule has 2 fully saturated rings. The van der Waals surface area contributed by atoms with Crippen LogP contribution in [0.3, 0.4) is 0 Å². The molecule has 2 aromatic rings. The van der Waals surface area contributed by atoms with Crippen molar-refractivity contribution >= 4 is 18.3 Å². The smallest absolute Gasteiger partial charge is 0.278 e. The van der Waals surface area contributed by atoms with Crippen molar-refractivity contribution in [3.05, 3.63) is 42.2 Å². The van der Waals surface area contributed by atoms with Crippen LogP contribution in [0.25, 0.3) is 5.69 Å². The van der Waals surface area contributed by atoms with E-state index < -0.39 is 0 Å². The highest BCUT2D eigenvalue weighted by Gasteiger charge is 2.37. The summed E-state index contributed by atoms with van der Waals surface area (Å²) in [6.45, 7) is 4.44. The highest BCUT2D eigenvalue weighted by Crippen LogP contribution is 2.31. The van der Waals surface area contributed by atoms with Crippen molar-refractivity contribution in [2.24, 2.45) is 0 Å². The molecule has 28 heavy (non-hydrogen) atoms. The Morgan fingerprint density at radius 1 is 1.29 bits per heavy atom. The Labute approximate surface area is 172 Å². The summed E-state index contributed by atoms with van der Waals surface area (Å²) < 4.78 is 7.63. The summed E-state index contributed by atoms with van der Waals surface area (Å²) in [4.78, 5) is 15.4. The lowest BCUT2D eigenvalue weighted by atomic mass is 10.2. The van der Waals surface area contributed by atoms with Crippen LogP contribution in [-0.4, -0.2) is 52.4 Å². The van der Waals surface area contributed by atoms with Gasteiger partial charge < -0.3 is 15.0 Å². The molecule has 1 aliphatic heterocycles. The number of hydrogen-bond acceptors (Lipinski definition) is 4. The molecule has 4 rings (SSSR count). The van der Waals surface area contributed by atoms with Gasteiger partial charge in [-0.1, -0.05) is 25.1 Å². The Bertz CT molecular complexity index is 770. The Balaban J connectivity index is 0.00000225. The fourth-order valence-corrected chi connectivity index (χ4v) is 3.61. The molecule has 152 valence electrons. The molecule has 1 amide bonds. The van der Waals surface area contributed by atoms with Gasteiger partial charge >= 0.3 is 0 Å². The second-order valence-corrected chi connectivity index (χ2v) is 7.45. The second kappa shape index (κ2) is 9.43. The third kappa shape index (κ3) is 4.67. The van der Waals surface area contributed by atoms with Gasteiger partial charge in [0, 0.05) is 18.6 Å². The summed E-state index contributed by atoms with van der Waals surface area (Å²) in [6.07, 6.45) is 7.21. The van der Waals surface area contributed by atoms with Gasteiger partial charge in [-0.3, -0.25) is 4.79 Å². The van der Waals surface area contributed by atoms with Crippen LogP contribution in [0.1, 0.15) is 49.5 Å². The van der Waals surface area contributed by atoms with Crippen molar-refractivity contribution in [3.8, 4) is 11.4 Å². The summed E-state index contributed by atoms with van der Waals surface area (Å²) in [7, 11) is 0. The first kappa shape index (κ1) is 20.7. The number of carbonyl (C=O) groups excluding carboxylic acids is 1. The van der Waals surface area contributed by atoms with Crippen molar-refractivity contribution in [1.29, 1.82) is 0 Å². The number of ether oxygens (including phenoxy) is 1. The molecule has 7 heteroatoms. The summed E-state index contributed by atoms with van der Waals surface area (Å²) in [5, 5.41) is 8.12. The zero-order valence-corrected chi connectivity index (χ0v) is 17.2. The number of benzene rings is 1. The Hall–Kier alpha value is -2.05. The third-order valence-electron chi connectivity index (χ3n) is 5.19. The number of aromatic nitrogens is 2. The van der Waals surface area contributed by atoms with E-state index >= 15 is 0 Å². The average Bonchev–Trinajstić information content (AvgIpc) is 3.24. The minimum absolute atomic E-state index is 0. The average molecular weight is 405 g/mol. The van der Waals surface area contributed by atoms with Gasteiger partial charge in [0.2, 0.25) is 0 Å². The molecule has 1 atom stereocenters. The lowest BCUT2D eigenvalue weighted by Crippen LogP contribution is -2.42. The molecule has 2 heterocycles. The number of hydrogen-bond donors (Lipinski definition) is 1. The van der Waals surface area contributed by atoms with E-state index in [4.69, 9.17) is 4.74 Å². The van der Waals surface area contributed by atoms with E-state index in [2.05, 4.69) is 17.3 Å². The molecule has 2 aliphatic rings. The monoisotopic (exact) mass is 404 g/mol. The molecule has 1 aromatic heterocycles. The molecule has 1 aromatic carbocycles. The number of para-hydroxylation sites is 1. The van der Waals surface area contributed by atoms with Crippen LogP contribution in [-0.2, 0) is 0 Å². The summed E-state index contributed by atoms with van der Waals surface area (Å²) in [5.74, 6) is 0.572. The molecule has 1 aliphatic carbocycles. The summed E-state index contributed by atoms with van der Waals surface area (Å²) in [6, 6.07) is 10.6. The van der Waals surface area contributed by atoms with Gasteiger partial charge in [-0.2, -0.15) is 5.10 Å². The van der Waals surface area contributed by atoms with Crippen LogP contribution in [0.15, 0.2) is 36.5 Å². The van der Waals surface area contributed by atoms with E-state index in [9.17, 15) is 4.79 Å². The van der Waals surface area contributed by atoms with Crippen LogP contribution < -0.4 is 10.1 Å². The van der Waals surface area contributed by atoms with E-state index in [1.807, 2.05) is 41.4 Å². The first-order chi connectivity index (χ1) is 13.3. The van der Waals surface area contributed by atoms with Crippen molar-refractivity contribution in [3.63, 3.8) is 0 Å². The molecule has 0 spiro atoms. The van der Waals surface area contributed by atoms with E-state index in [1.54, 1.807) is 4.68 Å². The van der Waals surface area contributed by atoms with Gasteiger partial charge in [0.05, 0.1) is 18.5 Å². The van der Waals surface area contributed by atoms with Gasteiger partial charge in [-0.05, 0) is 50.8 Å². The van der Waals surface area contributed by atoms with Crippen molar-refractivity contribution in [2.45, 2.75) is 51.1 Å². The second-order valence-electron chi connectivity index (χ2n) is 7.45. The number of nitrogens with zero attached hydrogens (tertiary/aromatic N) is 3. The predicted molar refractivity (Wildman–Crippen MR) is 112 cm³/mol. The number of rotatable bonds is 8. The minimum atomic E-state index is -0.00742. The Kier molecular flexibility index (Phi) is 6.97. The predicted octanol–water partition coefficient (Wildman–Crippen LogP) is 3.44. The maximum Gasteiger partial charge on any atom is 0.278 e. The van der Waals surface area contributed by atoms with Crippen LogP contribution >= 0.6 is 12.4 Å². The Morgan fingerprint density at radius 3 is 2.71 bits per heavy atom. The van der Waals surface area contributed by atoms with E-state index in [-0.39, 0.29) is 18.3 Å². The molecule has 0 bridgehead atoms. The first-order valence-electron chi connectivity index (χ1n) is 10.1. The number of halogens is 1. The van der Waals surface area contributed by atoms with Crippen molar-refractivity contribution < 1.29 is 9.53 Å². The lowest BCUT2D eigenvalue weighted by Gasteiger charge is -2.25. The maximum absolute atomic E-state index is 13.4. The standard InChI is InChI=1S/C21H28N4O2.ClH/c1-2-13-27-19-15-25(18-8-4-3-5-9-18)23-20(19)21(26)24(17-10-11-17)14-16-7-6-12-22-16;/h3-5,8-9,15-17,22H,2,6-7,10-14H2,1H3;1H. The van der Waals surface area contributed by atoms with E-state index in [1.165, 1.54) is 6.42 Å².